The maximum absolute atomic E-state index is 14.1. The Bertz CT molecular complexity index is 795. The van der Waals surface area contributed by atoms with E-state index in [-0.39, 0.29) is 23.6 Å². The molecule has 144 valence electrons. The molecule has 0 aromatic heterocycles. The molecule has 0 spiro atoms. The maximum Gasteiger partial charge on any atom is 0.224 e. The summed E-state index contributed by atoms with van der Waals surface area (Å²) >= 11 is 0. The zero-order valence-electron chi connectivity index (χ0n) is 15.2. The third-order valence-electron chi connectivity index (χ3n) is 5.00. The van der Waals surface area contributed by atoms with Gasteiger partial charge in [0.05, 0.1) is 5.92 Å². The summed E-state index contributed by atoms with van der Waals surface area (Å²) in [5.74, 6) is -1.74. The summed E-state index contributed by atoms with van der Waals surface area (Å²) in [5.41, 5.74) is 1.35. The van der Waals surface area contributed by atoms with E-state index in [2.05, 4.69) is 5.32 Å². The Kier molecular flexibility index (Phi) is 6.16. The van der Waals surface area contributed by atoms with Crippen LogP contribution in [0.1, 0.15) is 30.4 Å². The van der Waals surface area contributed by atoms with Crippen LogP contribution in [0.3, 0.4) is 0 Å². The Morgan fingerprint density at radius 1 is 1.07 bits per heavy atom. The average molecular weight is 376 g/mol. The van der Waals surface area contributed by atoms with Crippen molar-refractivity contribution < 1.29 is 18.0 Å². The highest BCUT2D eigenvalue weighted by molar-refractivity contribution is 5.79. The van der Waals surface area contributed by atoms with Crippen LogP contribution >= 0.6 is 0 Å². The molecule has 1 fully saturated rings. The van der Waals surface area contributed by atoms with Gasteiger partial charge in [0.25, 0.3) is 0 Å². The predicted molar refractivity (Wildman–Crippen MR) is 97.6 cm³/mol. The number of likely N-dealkylation sites (tertiary alicyclic amines) is 1. The maximum atomic E-state index is 14.1. The number of benzene rings is 2. The van der Waals surface area contributed by atoms with Gasteiger partial charge in [-0.15, -0.1) is 0 Å². The number of amides is 1. The number of hydrogen-bond donors (Lipinski definition) is 1. The molecule has 2 aromatic rings. The van der Waals surface area contributed by atoms with Gasteiger partial charge in [0.2, 0.25) is 5.91 Å². The minimum absolute atomic E-state index is 0.0334. The third-order valence-corrected chi connectivity index (χ3v) is 5.00. The number of rotatable bonds is 5. The summed E-state index contributed by atoms with van der Waals surface area (Å²) in [7, 11) is 0. The summed E-state index contributed by atoms with van der Waals surface area (Å²) < 4.78 is 40.5. The van der Waals surface area contributed by atoms with Crippen LogP contribution in [0.25, 0.3) is 0 Å². The first-order chi connectivity index (χ1) is 13.0. The van der Waals surface area contributed by atoms with E-state index in [4.69, 9.17) is 0 Å². The van der Waals surface area contributed by atoms with Crippen molar-refractivity contribution in [3.8, 4) is 0 Å². The van der Waals surface area contributed by atoms with Gasteiger partial charge >= 0.3 is 0 Å². The highest BCUT2D eigenvalue weighted by Crippen LogP contribution is 2.31. The molecule has 1 heterocycles. The van der Waals surface area contributed by atoms with Crippen LogP contribution < -0.4 is 5.32 Å². The molecule has 27 heavy (non-hydrogen) atoms. The first-order valence-corrected chi connectivity index (χ1v) is 9.15. The molecule has 1 aliphatic heterocycles. The van der Waals surface area contributed by atoms with Crippen LogP contribution in [-0.2, 0) is 11.3 Å². The van der Waals surface area contributed by atoms with E-state index in [1.807, 2.05) is 11.8 Å². The first kappa shape index (κ1) is 19.4. The van der Waals surface area contributed by atoms with Gasteiger partial charge in [-0.25, -0.2) is 13.2 Å². The van der Waals surface area contributed by atoms with Gasteiger partial charge < -0.3 is 5.32 Å². The molecule has 1 saturated heterocycles. The molecule has 6 heteroatoms. The van der Waals surface area contributed by atoms with Gasteiger partial charge in [0.1, 0.15) is 17.5 Å². The molecule has 2 atom stereocenters. The molecule has 1 N–H and O–H groups in total. The van der Waals surface area contributed by atoms with Crippen molar-refractivity contribution >= 4 is 5.91 Å². The summed E-state index contributed by atoms with van der Waals surface area (Å²) in [6.45, 7) is 3.82. The Balaban J connectivity index is 1.81. The Hall–Kier alpha value is -2.34. The van der Waals surface area contributed by atoms with Gasteiger partial charge in [0, 0.05) is 37.8 Å². The fraction of sp³-hybridized carbons (Fsp3) is 0.381. The summed E-state index contributed by atoms with van der Waals surface area (Å²) in [4.78, 5) is 14.4. The monoisotopic (exact) mass is 376 g/mol. The van der Waals surface area contributed by atoms with Crippen LogP contribution in [0.4, 0.5) is 13.2 Å². The van der Waals surface area contributed by atoms with Crippen LogP contribution in [-0.4, -0.2) is 30.4 Å². The Labute approximate surface area is 157 Å². The molecule has 2 unspecified atom stereocenters. The van der Waals surface area contributed by atoms with Crippen LogP contribution in [0.5, 0.6) is 0 Å². The van der Waals surface area contributed by atoms with E-state index in [1.54, 1.807) is 12.1 Å². The van der Waals surface area contributed by atoms with Gasteiger partial charge in [0.15, 0.2) is 0 Å². The standard InChI is InChI=1S/C21H23F3N2O/c1-2-25-21(27)17-9-16(14-3-6-18(22)7-4-14)12-26(13-17)11-15-5-8-19(23)10-20(15)24/h3-8,10,16-17H,2,9,11-13H2,1H3,(H,25,27). The molecular weight excluding hydrogens is 353 g/mol. The van der Waals surface area contributed by atoms with Crippen molar-refractivity contribution in [3.05, 3.63) is 71.0 Å². The molecule has 0 saturated carbocycles. The smallest absolute Gasteiger partial charge is 0.224 e. The second-order valence-electron chi connectivity index (χ2n) is 7.01. The molecule has 2 aromatic carbocycles. The lowest BCUT2D eigenvalue weighted by atomic mass is 9.84. The normalized spacial score (nSPS) is 20.4. The number of nitrogens with zero attached hydrogens (tertiary/aromatic N) is 1. The van der Waals surface area contributed by atoms with Crippen LogP contribution in [0, 0.1) is 23.4 Å². The van der Waals surface area contributed by atoms with Gasteiger partial charge in [-0.2, -0.15) is 0 Å². The lowest BCUT2D eigenvalue weighted by Gasteiger charge is -2.37. The molecule has 1 aliphatic rings. The largest absolute Gasteiger partial charge is 0.356 e. The Morgan fingerprint density at radius 3 is 2.44 bits per heavy atom. The molecule has 0 aliphatic carbocycles. The SMILES string of the molecule is CCNC(=O)C1CC(c2ccc(F)cc2)CN(Cc2ccc(F)cc2F)C1. The number of carbonyl (C=O) groups is 1. The van der Waals surface area contributed by atoms with E-state index < -0.39 is 11.6 Å². The quantitative estimate of drug-likeness (QED) is 0.860. The summed E-state index contributed by atoms with van der Waals surface area (Å²) in [6.07, 6.45) is 0.653. The highest BCUT2D eigenvalue weighted by atomic mass is 19.1. The second kappa shape index (κ2) is 8.57. The number of carbonyl (C=O) groups excluding carboxylic acids is 1. The third kappa shape index (κ3) is 4.89. The molecule has 0 bridgehead atoms. The molecule has 0 radical (unpaired) electrons. The van der Waals surface area contributed by atoms with E-state index in [0.717, 1.165) is 11.6 Å². The fourth-order valence-corrected chi connectivity index (χ4v) is 3.70. The zero-order chi connectivity index (χ0) is 19.4. The number of hydrogen-bond acceptors (Lipinski definition) is 2. The number of halogens is 3. The molecule has 3 rings (SSSR count). The van der Waals surface area contributed by atoms with Gasteiger partial charge in [-0.3, -0.25) is 9.69 Å². The van der Waals surface area contributed by atoms with E-state index in [1.165, 1.54) is 24.3 Å². The van der Waals surface area contributed by atoms with Crippen molar-refractivity contribution in [2.45, 2.75) is 25.8 Å². The van der Waals surface area contributed by atoms with Gasteiger partial charge in [-0.1, -0.05) is 18.2 Å². The summed E-state index contributed by atoms with van der Waals surface area (Å²) in [6, 6.07) is 9.84. The molecular formula is C21H23F3N2O. The minimum Gasteiger partial charge on any atom is -0.356 e. The predicted octanol–water partition coefficient (Wildman–Crippen LogP) is 3.85. The molecule has 1 amide bonds. The summed E-state index contributed by atoms with van der Waals surface area (Å²) in [5, 5.41) is 2.85. The van der Waals surface area contributed by atoms with E-state index >= 15 is 0 Å². The van der Waals surface area contributed by atoms with E-state index in [9.17, 15) is 18.0 Å². The van der Waals surface area contributed by atoms with Crippen LogP contribution in [0.2, 0.25) is 0 Å². The minimum atomic E-state index is -0.612. The lowest BCUT2D eigenvalue weighted by Crippen LogP contribution is -2.45. The van der Waals surface area contributed by atoms with Crippen molar-refractivity contribution in [3.63, 3.8) is 0 Å². The van der Waals surface area contributed by atoms with Crippen molar-refractivity contribution in [1.29, 1.82) is 0 Å². The van der Waals surface area contributed by atoms with Crippen molar-refractivity contribution in [1.82, 2.24) is 10.2 Å². The Morgan fingerprint density at radius 2 is 1.78 bits per heavy atom. The molecule has 3 nitrogen and oxygen atoms in total. The second-order valence-corrected chi connectivity index (χ2v) is 7.01. The topological polar surface area (TPSA) is 32.3 Å². The number of piperidine rings is 1. The highest BCUT2D eigenvalue weighted by Gasteiger charge is 2.32. The van der Waals surface area contributed by atoms with Crippen molar-refractivity contribution in [2.24, 2.45) is 5.92 Å². The average Bonchev–Trinajstić information content (AvgIpc) is 2.64. The zero-order valence-corrected chi connectivity index (χ0v) is 15.2. The van der Waals surface area contributed by atoms with Crippen molar-refractivity contribution in [2.75, 3.05) is 19.6 Å². The van der Waals surface area contributed by atoms with Crippen LogP contribution in [0.15, 0.2) is 42.5 Å². The first-order valence-electron chi connectivity index (χ1n) is 9.15. The fourth-order valence-electron chi connectivity index (χ4n) is 3.70. The number of nitrogens with one attached hydrogen (secondary N) is 1. The lowest BCUT2D eigenvalue weighted by molar-refractivity contribution is -0.127. The van der Waals surface area contributed by atoms with E-state index in [0.29, 0.717) is 38.2 Å². The van der Waals surface area contributed by atoms with Gasteiger partial charge in [-0.05, 0) is 43.0 Å².